The molecule has 17 heavy (non-hydrogen) atoms. The highest BCUT2D eigenvalue weighted by atomic mass is 16.5. The predicted molar refractivity (Wildman–Crippen MR) is 68.3 cm³/mol. The molecule has 0 aliphatic carbocycles. The van der Waals surface area contributed by atoms with E-state index in [-0.39, 0.29) is 0 Å². The maximum atomic E-state index is 9.67. The summed E-state index contributed by atoms with van der Waals surface area (Å²) >= 11 is 0. The monoisotopic (exact) mass is 228 g/mol. The summed E-state index contributed by atoms with van der Waals surface area (Å²) in [5.41, 5.74) is 1.88. The van der Waals surface area contributed by atoms with E-state index in [1.807, 2.05) is 55.5 Å². The van der Waals surface area contributed by atoms with Crippen molar-refractivity contribution in [2.75, 3.05) is 0 Å². The number of aliphatic hydroxyl groups excluding tert-OH is 1. The van der Waals surface area contributed by atoms with Crippen LogP contribution in [0.3, 0.4) is 0 Å². The first-order chi connectivity index (χ1) is 8.18. The lowest BCUT2D eigenvalue weighted by Crippen LogP contribution is -1.96. The molecule has 0 spiro atoms. The van der Waals surface area contributed by atoms with E-state index in [4.69, 9.17) is 4.74 Å². The molecule has 1 atom stereocenters. The van der Waals surface area contributed by atoms with Gasteiger partial charge in [-0.25, -0.2) is 0 Å². The Balaban J connectivity index is 2.34. The van der Waals surface area contributed by atoms with Crippen molar-refractivity contribution < 1.29 is 9.84 Å². The van der Waals surface area contributed by atoms with Gasteiger partial charge >= 0.3 is 0 Å². The van der Waals surface area contributed by atoms with Crippen LogP contribution in [-0.2, 0) is 0 Å². The lowest BCUT2D eigenvalue weighted by molar-refractivity contribution is 0.195. The molecular weight excluding hydrogens is 212 g/mol. The molecule has 88 valence electrons. The third kappa shape index (κ3) is 2.66. The van der Waals surface area contributed by atoms with Gasteiger partial charge in [0.2, 0.25) is 0 Å². The second kappa shape index (κ2) is 5.02. The molecule has 1 N–H and O–H groups in total. The molecule has 2 heteroatoms. The van der Waals surface area contributed by atoms with Crippen molar-refractivity contribution in [2.24, 2.45) is 0 Å². The van der Waals surface area contributed by atoms with Crippen LogP contribution in [0.15, 0.2) is 48.5 Å². The van der Waals surface area contributed by atoms with Crippen molar-refractivity contribution >= 4 is 0 Å². The standard InChI is InChI=1S/C15H16O2/c1-11-7-3-5-9-14(11)17-15-10-6-4-8-13(15)12(2)16/h3-10,12,16H,1-2H3/t12-/m0/s1. The number of rotatable bonds is 3. The maximum absolute atomic E-state index is 9.67. The third-order valence-electron chi connectivity index (χ3n) is 2.68. The molecule has 2 aromatic carbocycles. The Bertz CT molecular complexity index is 504. The highest BCUT2D eigenvalue weighted by molar-refractivity contribution is 5.41. The Morgan fingerprint density at radius 2 is 1.53 bits per heavy atom. The second-order valence-electron chi connectivity index (χ2n) is 4.08. The first-order valence-corrected chi connectivity index (χ1v) is 5.69. The van der Waals surface area contributed by atoms with Gasteiger partial charge in [0.15, 0.2) is 0 Å². The minimum atomic E-state index is -0.532. The van der Waals surface area contributed by atoms with Gasteiger partial charge in [0.1, 0.15) is 11.5 Å². The van der Waals surface area contributed by atoms with E-state index in [0.717, 1.165) is 16.9 Å². The Hall–Kier alpha value is -1.80. The zero-order valence-electron chi connectivity index (χ0n) is 10.1. The molecule has 0 radical (unpaired) electrons. The van der Waals surface area contributed by atoms with Gasteiger partial charge in [-0.3, -0.25) is 0 Å². The van der Waals surface area contributed by atoms with Crippen LogP contribution >= 0.6 is 0 Å². The number of hydrogen-bond acceptors (Lipinski definition) is 2. The molecule has 0 aromatic heterocycles. The molecule has 0 aliphatic heterocycles. The lowest BCUT2D eigenvalue weighted by atomic mass is 10.1. The van der Waals surface area contributed by atoms with Crippen molar-refractivity contribution in [1.82, 2.24) is 0 Å². The van der Waals surface area contributed by atoms with E-state index >= 15 is 0 Å². The molecule has 2 nitrogen and oxygen atoms in total. The van der Waals surface area contributed by atoms with Crippen molar-refractivity contribution in [1.29, 1.82) is 0 Å². The summed E-state index contributed by atoms with van der Waals surface area (Å²) in [6.45, 7) is 3.74. The number of benzene rings is 2. The highest BCUT2D eigenvalue weighted by Gasteiger charge is 2.09. The van der Waals surface area contributed by atoms with Crippen LogP contribution in [0.1, 0.15) is 24.2 Å². The van der Waals surface area contributed by atoms with Crippen molar-refractivity contribution in [2.45, 2.75) is 20.0 Å². The molecule has 0 bridgehead atoms. The quantitative estimate of drug-likeness (QED) is 0.864. The summed E-state index contributed by atoms with van der Waals surface area (Å²) in [6, 6.07) is 15.4. The molecular formula is C15H16O2. The van der Waals surface area contributed by atoms with Gasteiger partial charge in [-0.1, -0.05) is 36.4 Å². The van der Waals surface area contributed by atoms with Crippen LogP contribution in [0.2, 0.25) is 0 Å². The Morgan fingerprint density at radius 3 is 2.18 bits per heavy atom. The van der Waals surface area contributed by atoms with E-state index in [1.165, 1.54) is 0 Å². The van der Waals surface area contributed by atoms with E-state index in [9.17, 15) is 5.11 Å². The average molecular weight is 228 g/mol. The van der Waals surface area contributed by atoms with Crippen LogP contribution < -0.4 is 4.74 Å². The number of aliphatic hydroxyl groups is 1. The molecule has 0 saturated heterocycles. The van der Waals surface area contributed by atoms with E-state index in [2.05, 4.69) is 0 Å². The molecule has 0 saturated carbocycles. The average Bonchev–Trinajstić information content (AvgIpc) is 2.32. The molecule has 0 fully saturated rings. The number of hydrogen-bond donors (Lipinski definition) is 1. The highest BCUT2D eigenvalue weighted by Crippen LogP contribution is 2.30. The minimum absolute atomic E-state index is 0.532. The smallest absolute Gasteiger partial charge is 0.133 e. The topological polar surface area (TPSA) is 29.5 Å². The molecule has 0 aliphatic rings. The molecule has 0 unspecified atom stereocenters. The summed E-state index contributed by atoms with van der Waals surface area (Å²) < 4.78 is 5.84. The second-order valence-corrected chi connectivity index (χ2v) is 4.08. The van der Waals surface area contributed by atoms with E-state index in [1.54, 1.807) is 6.92 Å². The number of ether oxygens (including phenoxy) is 1. The van der Waals surface area contributed by atoms with Gasteiger partial charge in [-0.15, -0.1) is 0 Å². The van der Waals surface area contributed by atoms with Gasteiger partial charge in [-0.05, 0) is 31.5 Å². The zero-order chi connectivity index (χ0) is 12.3. The normalized spacial score (nSPS) is 12.2. The first kappa shape index (κ1) is 11.7. The zero-order valence-corrected chi connectivity index (χ0v) is 10.1. The van der Waals surface area contributed by atoms with Crippen LogP contribution in [0.4, 0.5) is 0 Å². The fourth-order valence-electron chi connectivity index (χ4n) is 1.71. The van der Waals surface area contributed by atoms with Gasteiger partial charge in [0.25, 0.3) is 0 Å². The van der Waals surface area contributed by atoms with Gasteiger partial charge in [0.05, 0.1) is 6.10 Å². The Labute approximate surface area is 101 Å². The first-order valence-electron chi connectivity index (χ1n) is 5.69. The lowest BCUT2D eigenvalue weighted by Gasteiger charge is -2.14. The van der Waals surface area contributed by atoms with Crippen LogP contribution in [0, 0.1) is 6.92 Å². The summed E-state index contributed by atoms with van der Waals surface area (Å²) in [6.07, 6.45) is -0.532. The van der Waals surface area contributed by atoms with Gasteiger partial charge in [0, 0.05) is 5.56 Å². The maximum Gasteiger partial charge on any atom is 0.133 e. The Kier molecular flexibility index (Phi) is 3.45. The van der Waals surface area contributed by atoms with Gasteiger partial charge < -0.3 is 9.84 Å². The largest absolute Gasteiger partial charge is 0.457 e. The van der Waals surface area contributed by atoms with Crippen LogP contribution in [0.5, 0.6) is 11.5 Å². The summed E-state index contributed by atoms with van der Waals surface area (Å²) in [7, 11) is 0. The predicted octanol–water partition coefficient (Wildman–Crippen LogP) is 3.84. The fraction of sp³-hybridized carbons (Fsp3) is 0.200. The summed E-state index contributed by atoms with van der Waals surface area (Å²) in [5, 5.41) is 9.67. The van der Waals surface area contributed by atoms with Crippen molar-refractivity contribution in [3.63, 3.8) is 0 Å². The summed E-state index contributed by atoms with van der Waals surface area (Å²) in [5.74, 6) is 1.53. The van der Waals surface area contributed by atoms with Crippen molar-refractivity contribution in [3.05, 3.63) is 59.7 Å². The molecule has 0 amide bonds. The number of aryl methyl sites for hydroxylation is 1. The SMILES string of the molecule is Cc1ccccc1Oc1ccccc1[C@H](C)O. The summed E-state index contributed by atoms with van der Waals surface area (Å²) in [4.78, 5) is 0. The van der Waals surface area contributed by atoms with E-state index < -0.39 is 6.10 Å². The minimum Gasteiger partial charge on any atom is -0.457 e. The van der Waals surface area contributed by atoms with Crippen LogP contribution in [0.25, 0.3) is 0 Å². The number of para-hydroxylation sites is 2. The fourth-order valence-corrected chi connectivity index (χ4v) is 1.71. The Morgan fingerprint density at radius 1 is 0.941 bits per heavy atom. The molecule has 2 rings (SSSR count). The van der Waals surface area contributed by atoms with Crippen molar-refractivity contribution in [3.8, 4) is 11.5 Å². The van der Waals surface area contributed by atoms with Gasteiger partial charge in [-0.2, -0.15) is 0 Å². The third-order valence-corrected chi connectivity index (χ3v) is 2.68. The molecule has 2 aromatic rings. The molecule has 0 heterocycles. The van der Waals surface area contributed by atoms with Crippen LogP contribution in [-0.4, -0.2) is 5.11 Å². The van der Waals surface area contributed by atoms with E-state index in [0.29, 0.717) is 5.75 Å².